The number of rotatable bonds is 4. The summed E-state index contributed by atoms with van der Waals surface area (Å²) in [6, 6.07) is 0.853. The van der Waals surface area contributed by atoms with Crippen LogP contribution >= 0.6 is 0 Å². The Morgan fingerprint density at radius 3 is 2.60 bits per heavy atom. The summed E-state index contributed by atoms with van der Waals surface area (Å²) in [4.78, 5) is 0. The van der Waals surface area contributed by atoms with Crippen molar-refractivity contribution >= 4 is 0 Å². The molecule has 0 spiro atoms. The summed E-state index contributed by atoms with van der Waals surface area (Å²) in [7, 11) is 2.09. The standard InChI is InChI=1S/C9H19N/c1-3-4-5-8-6-7-9(8)10-2/h8-10H,3-7H2,1-2H3. The topological polar surface area (TPSA) is 12.0 Å². The zero-order valence-corrected chi connectivity index (χ0v) is 7.19. The molecule has 0 heterocycles. The molecule has 10 heavy (non-hydrogen) atoms. The van der Waals surface area contributed by atoms with Gasteiger partial charge in [-0.15, -0.1) is 0 Å². The summed E-state index contributed by atoms with van der Waals surface area (Å²) in [6.45, 7) is 2.27. The highest BCUT2D eigenvalue weighted by molar-refractivity contribution is 4.85. The number of nitrogens with one attached hydrogen (secondary N) is 1. The molecule has 1 N–H and O–H groups in total. The lowest BCUT2D eigenvalue weighted by molar-refractivity contribution is 0.204. The predicted octanol–water partition coefficient (Wildman–Crippen LogP) is 2.17. The molecule has 2 unspecified atom stereocenters. The van der Waals surface area contributed by atoms with Crippen molar-refractivity contribution in [1.82, 2.24) is 5.32 Å². The van der Waals surface area contributed by atoms with Crippen LogP contribution in [0.2, 0.25) is 0 Å². The Bertz CT molecular complexity index is 88.7. The molecule has 0 amide bonds. The van der Waals surface area contributed by atoms with Crippen LogP contribution in [0.4, 0.5) is 0 Å². The van der Waals surface area contributed by atoms with E-state index in [1.165, 1.54) is 32.1 Å². The Balaban J connectivity index is 2.05. The molecule has 1 aliphatic carbocycles. The predicted molar refractivity (Wildman–Crippen MR) is 45.1 cm³/mol. The first kappa shape index (κ1) is 8.06. The number of hydrogen-bond donors (Lipinski definition) is 1. The monoisotopic (exact) mass is 141 g/mol. The Morgan fingerprint density at radius 2 is 2.20 bits per heavy atom. The molecule has 0 saturated heterocycles. The van der Waals surface area contributed by atoms with Gasteiger partial charge in [-0.2, -0.15) is 0 Å². The van der Waals surface area contributed by atoms with Gasteiger partial charge in [0.2, 0.25) is 0 Å². The van der Waals surface area contributed by atoms with E-state index in [2.05, 4.69) is 19.3 Å². The fourth-order valence-electron chi connectivity index (χ4n) is 1.76. The van der Waals surface area contributed by atoms with E-state index in [1.807, 2.05) is 0 Å². The highest BCUT2D eigenvalue weighted by Gasteiger charge is 2.27. The van der Waals surface area contributed by atoms with Crippen LogP contribution in [0.3, 0.4) is 0 Å². The van der Waals surface area contributed by atoms with Crippen LogP contribution in [0, 0.1) is 5.92 Å². The summed E-state index contributed by atoms with van der Waals surface area (Å²) >= 11 is 0. The molecule has 1 heteroatoms. The zero-order valence-electron chi connectivity index (χ0n) is 7.19. The largest absolute Gasteiger partial charge is 0.317 e. The van der Waals surface area contributed by atoms with Gasteiger partial charge < -0.3 is 5.32 Å². The molecule has 60 valence electrons. The van der Waals surface area contributed by atoms with Crippen molar-refractivity contribution in [2.75, 3.05) is 7.05 Å². The van der Waals surface area contributed by atoms with Gasteiger partial charge in [-0.05, 0) is 32.2 Å². The van der Waals surface area contributed by atoms with Gasteiger partial charge in [0.05, 0.1) is 0 Å². The first-order valence-electron chi connectivity index (χ1n) is 4.55. The molecule has 0 aromatic rings. The minimum atomic E-state index is 0.853. The normalized spacial score (nSPS) is 31.8. The van der Waals surface area contributed by atoms with Gasteiger partial charge in [-0.25, -0.2) is 0 Å². The molecular weight excluding hydrogens is 122 g/mol. The van der Waals surface area contributed by atoms with Gasteiger partial charge in [-0.1, -0.05) is 19.8 Å². The Morgan fingerprint density at radius 1 is 1.40 bits per heavy atom. The smallest absolute Gasteiger partial charge is 0.00924 e. The molecular formula is C9H19N. The van der Waals surface area contributed by atoms with Crippen molar-refractivity contribution in [2.24, 2.45) is 5.92 Å². The van der Waals surface area contributed by atoms with Crippen LogP contribution in [0.25, 0.3) is 0 Å². The van der Waals surface area contributed by atoms with Gasteiger partial charge in [0, 0.05) is 6.04 Å². The minimum absolute atomic E-state index is 0.853. The molecule has 1 aliphatic rings. The van der Waals surface area contributed by atoms with E-state index in [0.717, 1.165) is 12.0 Å². The molecule has 1 rings (SSSR count). The van der Waals surface area contributed by atoms with Crippen LogP contribution in [0.5, 0.6) is 0 Å². The lowest BCUT2D eigenvalue weighted by Crippen LogP contribution is -2.41. The van der Waals surface area contributed by atoms with Crippen LogP contribution in [-0.2, 0) is 0 Å². The van der Waals surface area contributed by atoms with Gasteiger partial charge in [0.15, 0.2) is 0 Å². The van der Waals surface area contributed by atoms with Crippen molar-refractivity contribution in [3.05, 3.63) is 0 Å². The lowest BCUT2D eigenvalue weighted by atomic mass is 9.77. The number of unbranched alkanes of at least 4 members (excludes halogenated alkanes) is 1. The molecule has 1 saturated carbocycles. The van der Waals surface area contributed by atoms with Crippen molar-refractivity contribution < 1.29 is 0 Å². The summed E-state index contributed by atoms with van der Waals surface area (Å²) in [5.74, 6) is 1.00. The second-order valence-electron chi connectivity index (χ2n) is 3.37. The van der Waals surface area contributed by atoms with E-state index in [9.17, 15) is 0 Å². The third kappa shape index (κ3) is 1.72. The van der Waals surface area contributed by atoms with Crippen LogP contribution in [0.1, 0.15) is 39.0 Å². The van der Waals surface area contributed by atoms with E-state index in [4.69, 9.17) is 0 Å². The molecule has 0 aromatic heterocycles. The van der Waals surface area contributed by atoms with Crippen LogP contribution in [-0.4, -0.2) is 13.1 Å². The Labute approximate surface area is 64.2 Å². The molecule has 1 fully saturated rings. The average molecular weight is 141 g/mol. The van der Waals surface area contributed by atoms with E-state index in [-0.39, 0.29) is 0 Å². The highest BCUT2D eigenvalue weighted by atomic mass is 14.9. The highest BCUT2D eigenvalue weighted by Crippen LogP contribution is 2.31. The van der Waals surface area contributed by atoms with Gasteiger partial charge in [-0.3, -0.25) is 0 Å². The summed E-state index contributed by atoms with van der Waals surface area (Å²) in [5, 5.41) is 3.36. The fraction of sp³-hybridized carbons (Fsp3) is 1.00. The maximum Gasteiger partial charge on any atom is 0.00924 e. The van der Waals surface area contributed by atoms with Crippen molar-refractivity contribution in [3.8, 4) is 0 Å². The quantitative estimate of drug-likeness (QED) is 0.632. The SMILES string of the molecule is CCCCC1CCC1NC. The second-order valence-corrected chi connectivity index (χ2v) is 3.37. The van der Waals surface area contributed by atoms with Gasteiger partial charge in [0.25, 0.3) is 0 Å². The molecule has 0 radical (unpaired) electrons. The van der Waals surface area contributed by atoms with E-state index < -0.39 is 0 Å². The maximum absolute atomic E-state index is 3.36. The average Bonchev–Trinajstić information content (AvgIpc) is 1.88. The maximum atomic E-state index is 3.36. The molecule has 0 bridgehead atoms. The third-order valence-electron chi connectivity index (χ3n) is 2.72. The summed E-state index contributed by atoms with van der Waals surface area (Å²) in [5.41, 5.74) is 0. The van der Waals surface area contributed by atoms with Gasteiger partial charge >= 0.3 is 0 Å². The van der Waals surface area contributed by atoms with E-state index in [0.29, 0.717) is 0 Å². The fourth-order valence-corrected chi connectivity index (χ4v) is 1.76. The summed E-state index contributed by atoms with van der Waals surface area (Å²) in [6.07, 6.45) is 7.09. The van der Waals surface area contributed by atoms with Crippen LogP contribution < -0.4 is 5.32 Å². The second kappa shape index (κ2) is 3.97. The Kier molecular flexibility index (Phi) is 3.20. The van der Waals surface area contributed by atoms with Crippen molar-refractivity contribution in [2.45, 2.75) is 45.1 Å². The van der Waals surface area contributed by atoms with E-state index in [1.54, 1.807) is 0 Å². The van der Waals surface area contributed by atoms with E-state index >= 15 is 0 Å². The zero-order chi connectivity index (χ0) is 7.40. The molecule has 2 atom stereocenters. The molecule has 0 aliphatic heterocycles. The van der Waals surface area contributed by atoms with Crippen molar-refractivity contribution in [3.63, 3.8) is 0 Å². The van der Waals surface area contributed by atoms with Crippen molar-refractivity contribution in [1.29, 1.82) is 0 Å². The first-order chi connectivity index (χ1) is 4.88. The lowest BCUT2D eigenvalue weighted by Gasteiger charge is -2.36. The van der Waals surface area contributed by atoms with Gasteiger partial charge in [0.1, 0.15) is 0 Å². The molecule has 0 aromatic carbocycles. The Hall–Kier alpha value is -0.0400. The minimum Gasteiger partial charge on any atom is -0.317 e. The summed E-state index contributed by atoms with van der Waals surface area (Å²) < 4.78 is 0. The third-order valence-corrected chi connectivity index (χ3v) is 2.72. The molecule has 1 nitrogen and oxygen atoms in total. The van der Waals surface area contributed by atoms with Crippen LogP contribution in [0.15, 0.2) is 0 Å². The first-order valence-corrected chi connectivity index (χ1v) is 4.55. The number of hydrogen-bond acceptors (Lipinski definition) is 1.